The second-order valence-electron chi connectivity index (χ2n) is 6.99. The fourth-order valence-electron chi connectivity index (χ4n) is 3.92. The molecule has 0 aliphatic heterocycles. The highest BCUT2D eigenvalue weighted by molar-refractivity contribution is 5.80. The van der Waals surface area contributed by atoms with Crippen molar-refractivity contribution in [3.63, 3.8) is 0 Å². The molecule has 1 aromatic heterocycles. The van der Waals surface area contributed by atoms with Gasteiger partial charge in [-0.25, -0.2) is 0 Å². The highest BCUT2D eigenvalue weighted by Crippen LogP contribution is 2.41. The summed E-state index contributed by atoms with van der Waals surface area (Å²) in [4.78, 5) is 15.2. The third-order valence-electron chi connectivity index (χ3n) is 5.27. The Kier molecular flexibility index (Phi) is 4.04. The molecule has 1 heterocycles. The summed E-state index contributed by atoms with van der Waals surface area (Å²) in [5, 5.41) is 13.2. The van der Waals surface area contributed by atoms with Crippen LogP contribution in [0.5, 0.6) is 0 Å². The first-order valence-corrected chi connectivity index (χ1v) is 8.93. The Hall–Kier alpha value is -2.61. The molecule has 0 spiro atoms. The summed E-state index contributed by atoms with van der Waals surface area (Å²) >= 11 is 0. The third-order valence-corrected chi connectivity index (χ3v) is 5.27. The van der Waals surface area contributed by atoms with E-state index >= 15 is 0 Å². The van der Waals surface area contributed by atoms with E-state index in [0.717, 1.165) is 32.1 Å². The minimum absolute atomic E-state index is 0.0500. The molecule has 4 rings (SSSR count). The average molecular weight is 335 g/mol. The number of carbonyl (C=O) groups excluding carboxylic acids is 1. The van der Waals surface area contributed by atoms with Crippen molar-refractivity contribution in [2.24, 2.45) is 0 Å². The molecule has 0 saturated heterocycles. The third kappa shape index (κ3) is 2.93. The van der Waals surface area contributed by atoms with Crippen molar-refractivity contribution in [2.45, 2.75) is 57.5 Å². The molecule has 2 aromatic rings. The smallest absolute Gasteiger partial charge is 0.229 e. The Bertz CT molecular complexity index is 845. The number of aromatic nitrogens is 1. The largest absolute Gasteiger partial charge is 0.360 e. The van der Waals surface area contributed by atoms with Crippen LogP contribution in [-0.4, -0.2) is 22.0 Å². The molecule has 2 aliphatic rings. The second-order valence-corrected chi connectivity index (χ2v) is 6.99. The van der Waals surface area contributed by atoms with Gasteiger partial charge in [0.25, 0.3) is 0 Å². The molecule has 25 heavy (non-hydrogen) atoms. The highest BCUT2D eigenvalue weighted by atomic mass is 16.5. The van der Waals surface area contributed by atoms with Gasteiger partial charge in [0.1, 0.15) is 17.3 Å². The van der Waals surface area contributed by atoms with Crippen LogP contribution in [0.15, 0.2) is 28.8 Å². The average Bonchev–Trinajstić information content (AvgIpc) is 3.39. The van der Waals surface area contributed by atoms with E-state index in [2.05, 4.69) is 40.4 Å². The van der Waals surface area contributed by atoms with Gasteiger partial charge in [0, 0.05) is 6.04 Å². The molecule has 0 N–H and O–H groups in total. The Morgan fingerprint density at radius 2 is 2.16 bits per heavy atom. The summed E-state index contributed by atoms with van der Waals surface area (Å²) in [7, 11) is 0. The van der Waals surface area contributed by atoms with E-state index in [1.807, 2.05) is 0 Å². The summed E-state index contributed by atoms with van der Waals surface area (Å²) < 4.78 is 5.10. The van der Waals surface area contributed by atoms with Gasteiger partial charge in [0.15, 0.2) is 5.76 Å². The molecule has 2 aliphatic carbocycles. The quantitative estimate of drug-likeness (QED) is 0.858. The van der Waals surface area contributed by atoms with Crippen molar-refractivity contribution in [1.29, 1.82) is 5.26 Å². The van der Waals surface area contributed by atoms with Crippen molar-refractivity contribution in [1.82, 2.24) is 10.1 Å². The predicted octanol–water partition coefficient (Wildman–Crippen LogP) is 3.47. The first-order chi connectivity index (χ1) is 12.2. The summed E-state index contributed by atoms with van der Waals surface area (Å²) in [5.41, 5.74) is 3.49. The molecule has 5 heteroatoms. The standard InChI is InChI=1S/C20H21N3O2/c1-13-17(12-21)18(22-25-13)11-20(24)23(15-9-10-15)19-8-4-6-14-5-2-3-7-16(14)19/h2-3,5,7,15,19H,4,6,8-11H2,1H3/t19-/m0/s1. The number of hydrogen-bond acceptors (Lipinski definition) is 4. The number of carbonyl (C=O) groups is 1. The summed E-state index contributed by atoms with van der Waals surface area (Å²) in [6.45, 7) is 1.70. The molecule has 128 valence electrons. The molecule has 0 unspecified atom stereocenters. The van der Waals surface area contributed by atoms with Gasteiger partial charge in [-0.1, -0.05) is 29.4 Å². The van der Waals surface area contributed by atoms with E-state index in [9.17, 15) is 10.1 Å². The van der Waals surface area contributed by atoms with E-state index in [0.29, 0.717) is 23.1 Å². The predicted molar refractivity (Wildman–Crippen MR) is 91.6 cm³/mol. The van der Waals surface area contributed by atoms with E-state index in [1.54, 1.807) is 6.92 Å². The first-order valence-electron chi connectivity index (χ1n) is 8.93. The van der Waals surface area contributed by atoms with E-state index < -0.39 is 0 Å². The molecule has 1 atom stereocenters. The zero-order valence-electron chi connectivity index (χ0n) is 14.4. The molecule has 1 saturated carbocycles. The maximum absolute atomic E-state index is 13.1. The van der Waals surface area contributed by atoms with Crippen LogP contribution in [0.1, 0.15) is 59.9 Å². The van der Waals surface area contributed by atoms with Crippen LogP contribution in [0.25, 0.3) is 0 Å². The van der Waals surface area contributed by atoms with Crippen molar-refractivity contribution in [3.05, 3.63) is 52.4 Å². The maximum atomic E-state index is 13.1. The fraction of sp³-hybridized carbons (Fsp3) is 0.450. The number of rotatable bonds is 4. The topological polar surface area (TPSA) is 70.1 Å². The van der Waals surface area contributed by atoms with Crippen LogP contribution in [0.2, 0.25) is 0 Å². The highest BCUT2D eigenvalue weighted by Gasteiger charge is 2.39. The summed E-state index contributed by atoms with van der Waals surface area (Å²) in [5.74, 6) is 0.528. The van der Waals surface area contributed by atoms with Crippen LogP contribution in [-0.2, 0) is 17.6 Å². The van der Waals surface area contributed by atoms with Gasteiger partial charge >= 0.3 is 0 Å². The zero-order valence-corrected chi connectivity index (χ0v) is 14.4. The van der Waals surface area contributed by atoms with Gasteiger partial charge in [-0.15, -0.1) is 0 Å². The van der Waals surface area contributed by atoms with Crippen LogP contribution in [0, 0.1) is 18.3 Å². The lowest BCUT2D eigenvalue weighted by atomic mass is 9.86. The van der Waals surface area contributed by atoms with Crippen molar-refractivity contribution >= 4 is 5.91 Å². The van der Waals surface area contributed by atoms with Gasteiger partial charge in [-0.3, -0.25) is 4.79 Å². The number of aryl methyl sites for hydroxylation is 2. The van der Waals surface area contributed by atoms with Crippen LogP contribution >= 0.6 is 0 Å². The van der Waals surface area contributed by atoms with E-state index in [-0.39, 0.29) is 18.4 Å². The van der Waals surface area contributed by atoms with Crippen molar-refractivity contribution < 1.29 is 9.32 Å². The molecular formula is C20H21N3O2. The number of nitriles is 1. The molecular weight excluding hydrogens is 314 g/mol. The molecule has 1 fully saturated rings. The second kappa shape index (κ2) is 6.36. The monoisotopic (exact) mass is 335 g/mol. The van der Waals surface area contributed by atoms with Crippen molar-refractivity contribution in [3.8, 4) is 6.07 Å². The number of amides is 1. The SMILES string of the molecule is Cc1onc(CC(=O)N(C2CC2)[C@H]2CCCc3ccccc32)c1C#N. The Labute approximate surface area is 147 Å². The summed E-state index contributed by atoms with van der Waals surface area (Å²) in [6.07, 6.45) is 5.45. The lowest BCUT2D eigenvalue weighted by molar-refractivity contribution is -0.134. The van der Waals surface area contributed by atoms with Gasteiger partial charge in [0.2, 0.25) is 5.91 Å². The Balaban J connectivity index is 1.62. The lowest BCUT2D eigenvalue weighted by Gasteiger charge is -2.36. The molecule has 0 radical (unpaired) electrons. The Morgan fingerprint density at radius 1 is 1.36 bits per heavy atom. The minimum atomic E-state index is 0.0500. The van der Waals surface area contributed by atoms with Crippen LogP contribution in [0.3, 0.4) is 0 Å². The van der Waals surface area contributed by atoms with E-state index in [4.69, 9.17) is 4.52 Å². The Morgan fingerprint density at radius 3 is 2.92 bits per heavy atom. The number of fused-ring (bicyclic) bond motifs is 1. The maximum Gasteiger partial charge on any atom is 0.229 e. The van der Waals surface area contributed by atoms with Gasteiger partial charge in [-0.05, 0) is 50.2 Å². The zero-order chi connectivity index (χ0) is 17.4. The number of hydrogen-bond donors (Lipinski definition) is 0. The van der Waals surface area contributed by atoms with Crippen LogP contribution < -0.4 is 0 Å². The molecule has 5 nitrogen and oxygen atoms in total. The van der Waals surface area contributed by atoms with Crippen molar-refractivity contribution in [2.75, 3.05) is 0 Å². The lowest BCUT2D eigenvalue weighted by Crippen LogP contribution is -2.39. The molecule has 1 amide bonds. The van der Waals surface area contributed by atoms with Gasteiger partial charge in [0.05, 0.1) is 12.5 Å². The van der Waals surface area contributed by atoms with Crippen LogP contribution in [0.4, 0.5) is 0 Å². The fourth-order valence-corrected chi connectivity index (χ4v) is 3.92. The summed E-state index contributed by atoms with van der Waals surface area (Å²) in [6, 6.07) is 11.0. The number of nitrogens with zero attached hydrogens (tertiary/aromatic N) is 3. The normalized spacial score (nSPS) is 19.1. The number of benzene rings is 1. The molecule has 0 bridgehead atoms. The van der Waals surface area contributed by atoms with Gasteiger partial charge in [-0.2, -0.15) is 5.26 Å². The van der Waals surface area contributed by atoms with Gasteiger partial charge < -0.3 is 9.42 Å². The minimum Gasteiger partial charge on any atom is -0.360 e. The first kappa shape index (κ1) is 15.9. The molecule has 1 aromatic carbocycles. The van der Waals surface area contributed by atoms with E-state index in [1.165, 1.54) is 11.1 Å².